The fraction of sp³-hybridized carbons (Fsp3) is 0.684. The number of rotatable bonds is 5. The molecule has 1 aromatic carbocycles. The Morgan fingerprint density at radius 3 is 2.38 bits per heavy atom. The van der Waals surface area contributed by atoms with Crippen LogP contribution in [0.3, 0.4) is 0 Å². The molecular weight excluding hydrogens is 256 g/mol. The third kappa shape index (κ3) is 3.87. The molecule has 1 saturated carbocycles. The first-order valence-corrected chi connectivity index (χ1v) is 8.58. The zero-order valence-electron chi connectivity index (χ0n) is 14.2. The summed E-state index contributed by atoms with van der Waals surface area (Å²) in [6.07, 6.45) is 6.44. The summed E-state index contributed by atoms with van der Waals surface area (Å²) in [5.74, 6) is 0.778. The van der Waals surface area contributed by atoms with Gasteiger partial charge in [0.25, 0.3) is 0 Å². The standard InChI is InChI=1S/C19H32N2/c1-5-17(20)19(16-12-10-14(2)11-13-16)21(4)18-9-7-6-8-15(18)3/h10-13,15,17-19H,5-9,20H2,1-4H3. The molecule has 0 aromatic heterocycles. The second-order valence-electron chi connectivity index (χ2n) is 6.92. The third-order valence-corrected chi connectivity index (χ3v) is 5.32. The molecule has 0 heterocycles. The SMILES string of the molecule is CCC(N)C(c1ccc(C)cc1)N(C)C1CCCCC1C. The Balaban J connectivity index is 2.24. The van der Waals surface area contributed by atoms with Gasteiger partial charge in [-0.2, -0.15) is 0 Å². The van der Waals surface area contributed by atoms with Crippen LogP contribution in [0.25, 0.3) is 0 Å². The van der Waals surface area contributed by atoms with Crippen molar-refractivity contribution in [2.45, 2.75) is 71.0 Å². The Bertz CT molecular complexity index is 426. The van der Waals surface area contributed by atoms with E-state index in [0.717, 1.165) is 12.3 Å². The van der Waals surface area contributed by atoms with E-state index in [4.69, 9.17) is 5.73 Å². The van der Waals surface area contributed by atoms with Crippen molar-refractivity contribution in [2.24, 2.45) is 11.7 Å². The smallest absolute Gasteiger partial charge is 0.0499 e. The van der Waals surface area contributed by atoms with Gasteiger partial charge in [0.1, 0.15) is 0 Å². The number of hydrogen-bond donors (Lipinski definition) is 1. The van der Waals surface area contributed by atoms with Gasteiger partial charge in [-0.25, -0.2) is 0 Å². The van der Waals surface area contributed by atoms with Gasteiger partial charge < -0.3 is 5.73 Å². The predicted molar refractivity (Wildman–Crippen MR) is 91.4 cm³/mol. The molecular formula is C19H32N2. The van der Waals surface area contributed by atoms with Crippen molar-refractivity contribution in [3.8, 4) is 0 Å². The summed E-state index contributed by atoms with van der Waals surface area (Å²) in [6, 6.07) is 10.2. The number of nitrogens with zero attached hydrogens (tertiary/aromatic N) is 1. The molecule has 0 aliphatic heterocycles. The minimum Gasteiger partial charge on any atom is -0.326 e. The van der Waals surface area contributed by atoms with Gasteiger partial charge in [-0.1, -0.05) is 56.5 Å². The quantitative estimate of drug-likeness (QED) is 0.876. The fourth-order valence-electron chi connectivity index (χ4n) is 3.88. The molecule has 4 atom stereocenters. The first-order valence-electron chi connectivity index (χ1n) is 8.58. The number of likely N-dealkylation sites (N-methyl/N-ethyl adjacent to an activating group) is 1. The largest absolute Gasteiger partial charge is 0.326 e. The lowest BCUT2D eigenvalue weighted by Crippen LogP contribution is -2.47. The summed E-state index contributed by atoms with van der Waals surface area (Å²) in [5, 5.41) is 0. The predicted octanol–water partition coefficient (Wildman–Crippen LogP) is 4.28. The third-order valence-electron chi connectivity index (χ3n) is 5.32. The van der Waals surface area contributed by atoms with Crippen molar-refractivity contribution in [3.05, 3.63) is 35.4 Å². The molecule has 1 aromatic rings. The molecule has 2 N–H and O–H groups in total. The molecule has 21 heavy (non-hydrogen) atoms. The summed E-state index contributed by atoms with van der Waals surface area (Å²) in [4.78, 5) is 2.57. The minimum atomic E-state index is 0.201. The molecule has 1 aliphatic carbocycles. The maximum absolute atomic E-state index is 6.50. The van der Waals surface area contributed by atoms with Gasteiger partial charge in [-0.3, -0.25) is 4.90 Å². The lowest BCUT2D eigenvalue weighted by Gasteiger charge is -2.43. The van der Waals surface area contributed by atoms with Gasteiger partial charge in [0.15, 0.2) is 0 Å². The van der Waals surface area contributed by atoms with E-state index in [9.17, 15) is 0 Å². The van der Waals surface area contributed by atoms with Crippen molar-refractivity contribution >= 4 is 0 Å². The molecule has 1 aliphatic rings. The van der Waals surface area contributed by atoms with E-state index in [1.807, 2.05) is 0 Å². The fourth-order valence-corrected chi connectivity index (χ4v) is 3.88. The van der Waals surface area contributed by atoms with E-state index in [1.54, 1.807) is 0 Å². The number of hydrogen-bond acceptors (Lipinski definition) is 2. The maximum Gasteiger partial charge on any atom is 0.0499 e. The molecule has 0 bridgehead atoms. The molecule has 118 valence electrons. The number of aryl methyl sites for hydroxylation is 1. The van der Waals surface area contributed by atoms with Crippen LogP contribution in [0.4, 0.5) is 0 Å². The minimum absolute atomic E-state index is 0.201. The molecule has 2 rings (SSSR count). The Kier molecular flexibility index (Phi) is 5.83. The molecule has 2 heteroatoms. The lowest BCUT2D eigenvalue weighted by molar-refractivity contribution is 0.0824. The molecule has 2 nitrogen and oxygen atoms in total. The van der Waals surface area contributed by atoms with E-state index >= 15 is 0 Å². The lowest BCUT2D eigenvalue weighted by atomic mass is 9.83. The highest BCUT2D eigenvalue weighted by atomic mass is 15.2. The van der Waals surface area contributed by atoms with Gasteiger partial charge in [-0.15, -0.1) is 0 Å². The number of nitrogens with two attached hydrogens (primary N) is 1. The molecule has 0 saturated heterocycles. The summed E-state index contributed by atoms with van der Waals surface area (Å²) >= 11 is 0. The molecule has 0 radical (unpaired) electrons. The van der Waals surface area contributed by atoms with Gasteiger partial charge in [0, 0.05) is 18.1 Å². The Morgan fingerprint density at radius 1 is 1.19 bits per heavy atom. The van der Waals surface area contributed by atoms with Crippen LogP contribution in [0, 0.1) is 12.8 Å². The highest BCUT2D eigenvalue weighted by Crippen LogP contribution is 2.34. The van der Waals surface area contributed by atoms with Crippen molar-refractivity contribution in [1.29, 1.82) is 0 Å². The number of benzene rings is 1. The molecule has 1 fully saturated rings. The van der Waals surface area contributed by atoms with Crippen molar-refractivity contribution in [2.75, 3.05) is 7.05 Å². The summed E-state index contributed by atoms with van der Waals surface area (Å²) < 4.78 is 0. The molecule has 0 amide bonds. The van der Waals surface area contributed by atoms with Crippen LogP contribution in [0.2, 0.25) is 0 Å². The summed E-state index contributed by atoms with van der Waals surface area (Å²) in [7, 11) is 2.28. The second kappa shape index (κ2) is 7.42. The van der Waals surface area contributed by atoms with Gasteiger partial charge in [0.05, 0.1) is 0 Å². The average molecular weight is 288 g/mol. The summed E-state index contributed by atoms with van der Waals surface area (Å²) in [5.41, 5.74) is 9.19. The van der Waals surface area contributed by atoms with Crippen LogP contribution < -0.4 is 5.73 Å². The van der Waals surface area contributed by atoms with Crippen molar-refractivity contribution in [1.82, 2.24) is 4.90 Å². The van der Waals surface area contributed by atoms with E-state index < -0.39 is 0 Å². The van der Waals surface area contributed by atoms with Crippen molar-refractivity contribution < 1.29 is 0 Å². The maximum atomic E-state index is 6.50. The highest BCUT2D eigenvalue weighted by Gasteiger charge is 2.32. The Morgan fingerprint density at radius 2 is 1.81 bits per heavy atom. The van der Waals surface area contributed by atoms with Gasteiger partial charge in [0.2, 0.25) is 0 Å². The highest BCUT2D eigenvalue weighted by molar-refractivity contribution is 5.25. The van der Waals surface area contributed by atoms with Crippen LogP contribution in [0.5, 0.6) is 0 Å². The topological polar surface area (TPSA) is 29.3 Å². The van der Waals surface area contributed by atoms with E-state index in [0.29, 0.717) is 12.1 Å². The van der Waals surface area contributed by atoms with Gasteiger partial charge in [-0.05, 0) is 44.7 Å². The van der Waals surface area contributed by atoms with Crippen LogP contribution >= 0.6 is 0 Å². The van der Waals surface area contributed by atoms with Crippen LogP contribution in [-0.2, 0) is 0 Å². The molecule has 4 unspecified atom stereocenters. The zero-order valence-corrected chi connectivity index (χ0v) is 14.2. The van der Waals surface area contributed by atoms with Crippen LogP contribution in [0.15, 0.2) is 24.3 Å². The van der Waals surface area contributed by atoms with E-state index in [-0.39, 0.29) is 6.04 Å². The monoisotopic (exact) mass is 288 g/mol. The van der Waals surface area contributed by atoms with Gasteiger partial charge >= 0.3 is 0 Å². The second-order valence-corrected chi connectivity index (χ2v) is 6.92. The normalized spacial score (nSPS) is 25.8. The first kappa shape index (κ1) is 16.5. The first-order chi connectivity index (χ1) is 10.0. The van der Waals surface area contributed by atoms with E-state index in [1.165, 1.54) is 36.8 Å². The van der Waals surface area contributed by atoms with Crippen LogP contribution in [0.1, 0.15) is 63.1 Å². The zero-order chi connectivity index (χ0) is 15.4. The van der Waals surface area contributed by atoms with Crippen LogP contribution in [-0.4, -0.2) is 24.0 Å². The average Bonchev–Trinajstić information content (AvgIpc) is 2.49. The van der Waals surface area contributed by atoms with Crippen molar-refractivity contribution in [3.63, 3.8) is 0 Å². The Labute approximate surface area is 130 Å². The molecule has 0 spiro atoms. The van der Waals surface area contributed by atoms with E-state index in [2.05, 4.69) is 57.0 Å². The Hall–Kier alpha value is -0.860. The summed E-state index contributed by atoms with van der Waals surface area (Å²) in [6.45, 7) is 6.75.